The van der Waals surface area contributed by atoms with Gasteiger partial charge >= 0.3 is 0 Å². The van der Waals surface area contributed by atoms with Crippen LogP contribution in [0.1, 0.15) is 27.7 Å². The molecule has 1 atom stereocenters. The van der Waals surface area contributed by atoms with Crippen LogP contribution < -0.4 is 10.6 Å². The molecule has 2 amide bonds. The second-order valence-corrected chi connectivity index (χ2v) is 6.75. The lowest BCUT2D eigenvalue weighted by Crippen LogP contribution is -2.41. The first-order valence-corrected chi connectivity index (χ1v) is 8.66. The predicted octanol–water partition coefficient (Wildman–Crippen LogP) is 3.22. The molecule has 8 heteroatoms. The summed E-state index contributed by atoms with van der Waals surface area (Å²) in [5.74, 6) is -1.07. The summed E-state index contributed by atoms with van der Waals surface area (Å²) in [4.78, 5) is 29.2. The van der Waals surface area contributed by atoms with Gasteiger partial charge in [-0.25, -0.2) is 9.37 Å². The first-order chi connectivity index (χ1) is 12.5. The minimum atomic E-state index is -0.743. The van der Waals surface area contributed by atoms with Crippen LogP contribution in [0.2, 0.25) is 0 Å². The van der Waals surface area contributed by atoms with E-state index in [9.17, 15) is 14.0 Å². The zero-order valence-electron chi connectivity index (χ0n) is 13.9. The van der Waals surface area contributed by atoms with Crippen LogP contribution in [0.3, 0.4) is 0 Å². The molecule has 0 bridgehead atoms. The molecular formula is C18H16FN3O3S. The van der Waals surface area contributed by atoms with Gasteiger partial charge in [0.25, 0.3) is 5.91 Å². The second kappa shape index (κ2) is 7.92. The summed E-state index contributed by atoms with van der Waals surface area (Å²) in [6, 6.07) is 7.10. The zero-order valence-corrected chi connectivity index (χ0v) is 14.7. The molecule has 0 fully saturated rings. The number of halogens is 1. The van der Waals surface area contributed by atoms with Crippen LogP contribution in [0, 0.1) is 5.82 Å². The topological polar surface area (TPSA) is 84.2 Å². The number of rotatable bonds is 6. The Morgan fingerprint density at radius 2 is 2.19 bits per heavy atom. The van der Waals surface area contributed by atoms with E-state index < -0.39 is 11.9 Å². The van der Waals surface area contributed by atoms with Crippen molar-refractivity contribution in [1.29, 1.82) is 0 Å². The molecule has 1 aromatic carbocycles. The third-order valence-corrected chi connectivity index (χ3v) is 4.49. The maximum Gasteiger partial charge on any atom is 0.255 e. The van der Waals surface area contributed by atoms with Gasteiger partial charge in [0.05, 0.1) is 11.8 Å². The lowest BCUT2D eigenvalue weighted by molar-refractivity contribution is -0.117. The van der Waals surface area contributed by atoms with E-state index in [1.807, 2.05) is 6.07 Å². The molecule has 26 heavy (non-hydrogen) atoms. The van der Waals surface area contributed by atoms with Gasteiger partial charge in [-0.15, -0.1) is 11.3 Å². The van der Waals surface area contributed by atoms with Crippen molar-refractivity contribution in [1.82, 2.24) is 10.3 Å². The number of carbonyl (C=O) groups is 2. The normalized spacial score (nSPS) is 11.8. The highest BCUT2D eigenvalue weighted by atomic mass is 32.1. The maximum atomic E-state index is 13.2. The van der Waals surface area contributed by atoms with E-state index in [1.54, 1.807) is 19.2 Å². The highest BCUT2D eigenvalue weighted by Crippen LogP contribution is 2.21. The third kappa shape index (κ3) is 4.54. The molecule has 0 radical (unpaired) electrons. The van der Waals surface area contributed by atoms with Gasteiger partial charge < -0.3 is 15.1 Å². The average molecular weight is 373 g/mol. The molecule has 134 valence electrons. The van der Waals surface area contributed by atoms with Gasteiger partial charge in [-0.1, -0.05) is 12.1 Å². The van der Waals surface area contributed by atoms with Crippen molar-refractivity contribution in [3.8, 4) is 0 Å². The predicted molar refractivity (Wildman–Crippen MR) is 95.6 cm³/mol. The SMILES string of the molecule is C[C@H](NC(=O)c1ccoc1)C(=O)Nc1ncc(Cc2cccc(F)c2)s1. The van der Waals surface area contributed by atoms with Gasteiger partial charge in [0.1, 0.15) is 18.1 Å². The largest absolute Gasteiger partial charge is 0.472 e. The number of benzene rings is 1. The molecule has 3 rings (SSSR count). The van der Waals surface area contributed by atoms with Gasteiger partial charge in [0, 0.05) is 17.5 Å². The molecule has 0 saturated carbocycles. The van der Waals surface area contributed by atoms with Crippen molar-refractivity contribution in [3.05, 3.63) is 70.9 Å². The molecule has 2 aromatic heterocycles. The number of amides is 2. The Kier molecular flexibility index (Phi) is 5.43. The van der Waals surface area contributed by atoms with Crippen LogP contribution in [0.25, 0.3) is 0 Å². The first-order valence-electron chi connectivity index (χ1n) is 7.84. The lowest BCUT2D eigenvalue weighted by Gasteiger charge is -2.12. The molecule has 0 spiro atoms. The number of hydrogen-bond donors (Lipinski definition) is 2. The minimum absolute atomic E-state index is 0.289. The van der Waals surface area contributed by atoms with Crippen LogP contribution in [-0.4, -0.2) is 22.8 Å². The van der Waals surface area contributed by atoms with Gasteiger partial charge in [-0.3, -0.25) is 9.59 Å². The molecule has 6 nitrogen and oxygen atoms in total. The Hall–Kier alpha value is -3.00. The van der Waals surface area contributed by atoms with E-state index in [-0.39, 0.29) is 11.7 Å². The summed E-state index contributed by atoms with van der Waals surface area (Å²) < 4.78 is 18.1. The zero-order chi connectivity index (χ0) is 18.5. The van der Waals surface area contributed by atoms with Crippen molar-refractivity contribution >= 4 is 28.3 Å². The van der Waals surface area contributed by atoms with Crippen molar-refractivity contribution in [3.63, 3.8) is 0 Å². The highest BCUT2D eigenvalue weighted by molar-refractivity contribution is 7.15. The van der Waals surface area contributed by atoms with Gasteiger partial charge in [0.2, 0.25) is 5.91 Å². The Balaban J connectivity index is 1.56. The number of thiazole rings is 1. The number of anilines is 1. The average Bonchev–Trinajstić information content (AvgIpc) is 3.27. The number of furan rings is 1. The first kappa shape index (κ1) is 17.8. The summed E-state index contributed by atoms with van der Waals surface area (Å²) in [6.45, 7) is 1.58. The van der Waals surface area contributed by atoms with Crippen LogP contribution in [0.4, 0.5) is 9.52 Å². The van der Waals surface area contributed by atoms with E-state index in [0.717, 1.165) is 10.4 Å². The fourth-order valence-corrected chi connectivity index (χ4v) is 3.10. The van der Waals surface area contributed by atoms with Crippen molar-refractivity contribution < 1.29 is 18.4 Å². The monoisotopic (exact) mass is 373 g/mol. The van der Waals surface area contributed by atoms with Gasteiger partial charge in [-0.05, 0) is 30.7 Å². The van der Waals surface area contributed by atoms with Gasteiger partial charge in [0.15, 0.2) is 5.13 Å². The Morgan fingerprint density at radius 3 is 2.92 bits per heavy atom. The van der Waals surface area contributed by atoms with Crippen LogP contribution in [0.5, 0.6) is 0 Å². The fourth-order valence-electron chi connectivity index (χ4n) is 2.25. The van der Waals surface area contributed by atoms with E-state index in [2.05, 4.69) is 15.6 Å². The van der Waals surface area contributed by atoms with E-state index >= 15 is 0 Å². The number of aromatic nitrogens is 1. The fraction of sp³-hybridized carbons (Fsp3) is 0.167. The molecule has 3 aromatic rings. The summed E-state index contributed by atoms with van der Waals surface area (Å²) in [5.41, 5.74) is 1.17. The number of hydrogen-bond acceptors (Lipinski definition) is 5. The van der Waals surface area contributed by atoms with E-state index in [0.29, 0.717) is 17.1 Å². The number of carbonyl (C=O) groups excluding carboxylic acids is 2. The highest BCUT2D eigenvalue weighted by Gasteiger charge is 2.18. The maximum absolute atomic E-state index is 13.2. The van der Waals surface area contributed by atoms with E-state index in [4.69, 9.17) is 4.42 Å². The number of nitrogens with zero attached hydrogens (tertiary/aromatic N) is 1. The molecule has 0 aliphatic rings. The molecule has 0 aliphatic heterocycles. The Labute approximate surface area is 153 Å². The second-order valence-electron chi connectivity index (χ2n) is 5.63. The molecule has 0 unspecified atom stereocenters. The standard InChI is InChI=1S/C18H16FN3O3S/c1-11(21-17(24)13-5-6-25-10-13)16(23)22-18-20-9-15(26-18)8-12-3-2-4-14(19)7-12/h2-7,9-11H,8H2,1H3,(H,21,24)(H,20,22,23)/t11-/m0/s1. The molecular weight excluding hydrogens is 357 g/mol. The summed E-state index contributed by atoms with van der Waals surface area (Å²) in [6.07, 6.45) is 4.85. The van der Waals surface area contributed by atoms with Crippen LogP contribution in [0.15, 0.2) is 53.5 Å². The van der Waals surface area contributed by atoms with Crippen molar-refractivity contribution in [2.24, 2.45) is 0 Å². The van der Waals surface area contributed by atoms with Crippen molar-refractivity contribution in [2.45, 2.75) is 19.4 Å². The quantitative estimate of drug-likeness (QED) is 0.695. The lowest BCUT2D eigenvalue weighted by atomic mass is 10.1. The van der Waals surface area contributed by atoms with E-state index in [1.165, 1.54) is 42.1 Å². The molecule has 0 aliphatic carbocycles. The number of nitrogens with one attached hydrogen (secondary N) is 2. The Morgan fingerprint density at radius 1 is 1.35 bits per heavy atom. The van der Waals surface area contributed by atoms with Crippen LogP contribution >= 0.6 is 11.3 Å². The smallest absolute Gasteiger partial charge is 0.255 e. The third-order valence-electron chi connectivity index (χ3n) is 3.58. The summed E-state index contributed by atoms with van der Waals surface area (Å²) in [7, 11) is 0. The van der Waals surface area contributed by atoms with Crippen molar-refractivity contribution in [2.75, 3.05) is 5.32 Å². The molecule has 0 saturated heterocycles. The molecule has 2 N–H and O–H groups in total. The minimum Gasteiger partial charge on any atom is -0.472 e. The molecule has 2 heterocycles. The summed E-state index contributed by atoms with van der Waals surface area (Å²) >= 11 is 1.30. The van der Waals surface area contributed by atoms with Crippen LogP contribution in [-0.2, 0) is 11.2 Å². The Bertz CT molecular complexity index is 908. The summed E-state index contributed by atoms with van der Waals surface area (Å²) in [5, 5.41) is 5.67. The van der Waals surface area contributed by atoms with Gasteiger partial charge in [-0.2, -0.15) is 0 Å².